The minimum absolute atomic E-state index is 0.115. The lowest BCUT2D eigenvalue weighted by Gasteiger charge is -2.13. The Morgan fingerprint density at radius 3 is 2.21 bits per heavy atom. The Balaban J connectivity index is 1.62. The van der Waals surface area contributed by atoms with Gasteiger partial charge in [0.05, 0.1) is 17.7 Å². The first-order valence-corrected chi connectivity index (χ1v) is 9.60. The molecule has 7 heteroatoms. The maximum atomic E-state index is 12.6. The molecule has 0 unspecified atom stereocenters. The third-order valence-corrected chi connectivity index (χ3v) is 4.44. The highest BCUT2D eigenvalue weighted by Gasteiger charge is 2.13. The van der Waals surface area contributed by atoms with Crippen molar-refractivity contribution in [3.63, 3.8) is 0 Å². The zero-order chi connectivity index (χ0) is 20.6. The van der Waals surface area contributed by atoms with Crippen LogP contribution >= 0.6 is 23.8 Å². The van der Waals surface area contributed by atoms with Crippen LogP contribution in [0.15, 0.2) is 78.9 Å². The molecule has 0 heterocycles. The molecule has 3 N–H and O–H groups in total. The first-order chi connectivity index (χ1) is 14.0. The molecule has 3 aromatic carbocycles. The Hall–Kier alpha value is -3.22. The molecule has 0 fully saturated rings. The van der Waals surface area contributed by atoms with E-state index in [-0.39, 0.29) is 23.3 Å². The SMILES string of the molecule is O=C(Cc1ccc(Cl)cc1)NC(=S)Nc1ccccc1C(=O)Nc1ccccc1. The van der Waals surface area contributed by atoms with Crippen LogP contribution in [0.3, 0.4) is 0 Å². The van der Waals surface area contributed by atoms with Gasteiger partial charge in [-0.25, -0.2) is 0 Å². The van der Waals surface area contributed by atoms with Crippen LogP contribution < -0.4 is 16.0 Å². The van der Waals surface area contributed by atoms with Gasteiger partial charge in [0.1, 0.15) is 0 Å². The van der Waals surface area contributed by atoms with E-state index in [1.54, 1.807) is 60.7 Å². The summed E-state index contributed by atoms with van der Waals surface area (Å²) in [6.45, 7) is 0. The summed E-state index contributed by atoms with van der Waals surface area (Å²) in [6, 6.07) is 23.1. The first-order valence-electron chi connectivity index (χ1n) is 8.82. The normalized spacial score (nSPS) is 10.1. The largest absolute Gasteiger partial charge is 0.332 e. The van der Waals surface area contributed by atoms with Gasteiger partial charge in [-0.2, -0.15) is 0 Å². The van der Waals surface area contributed by atoms with Crippen LogP contribution in [0.4, 0.5) is 11.4 Å². The molecule has 2 amide bonds. The van der Waals surface area contributed by atoms with Gasteiger partial charge in [-0.3, -0.25) is 9.59 Å². The Bertz CT molecular complexity index is 1020. The van der Waals surface area contributed by atoms with E-state index in [1.165, 1.54) is 0 Å². The number of hydrogen-bond acceptors (Lipinski definition) is 3. The van der Waals surface area contributed by atoms with Crippen LogP contribution in [-0.2, 0) is 11.2 Å². The fourth-order valence-corrected chi connectivity index (χ4v) is 2.97. The number of rotatable bonds is 5. The van der Waals surface area contributed by atoms with Crippen molar-refractivity contribution >= 4 is 52.1 Å². The second kappa shape index (κ2) is 9.82. The van der Waals surface area contributed by atoms with Gasteiger partial charge in [-0.05, 0) is 54.2 Å². The molecule has 0 spiro atoms. The highest BCUT2D eigenvalue weighted by atomic mass is 35.5. The van der Waals surface area contributed by atoms with E-state index in [0.29, 0.717) is 22.0 Å². The lowest BCUT2D eigenvalue weighted by Crippen LogP contribution is -2.35. The quantitative estimate of drug-likeness (QED) is 0.522. The Kier molecular flexibility index (Phi) is 6.94. The lowest BCUT2D eigenvalue weighted by molar-refractivity contribution is -0.119. The van der Waals surface area contributed by atoms with E-state index in [2.05, 4.69) is 16.0 Å². The molecule has 146 valence electrons. The van der Waals surface area contributed by atoms with Crippen molar-refractivity contribution in [1.29, 1.82) is 0 Å². The zero-order valence-electron chi connectivity index (χ0n) is 15.3. The van der Waals surface area contributed by atoms with Crippen molar-refractivity contribution in [2.45, 2.75) is 6.42 Å². The highest BCUT2D eigenvalue weighted by molar-refractivity contribution is 7.80. The number of carbonyl (C=O) groups excluding carboxylic acids is 2. The summed E-state index contributed by atoms with van der Waals surface area (Å²) >= 11 is 11.1. The van der Waals surface area contributed by atoms with Crippen molar-refractivity contribution in [2.24, 2.45) is 0 Å². The van der Waals surface area contributed by atoms with Gasteiger partial charge in [0.15, 0.2) is 5.11 Å². The van der Waals surface area contributed by atoms with Gasteiger partial charge in [0, 0.05) is 10.7 Å². The van der Waals surface area contributed by atoms with Crippen molar-refractivity contribution in [3.05, 3.63) is 95.0 Å². The smallest absolute Gasteiger partial charge is 0.257 e. The molecule has 3 rings (SSSR count). The number of amides is 2. The Labute approximate surface area is 179 Å². The summed E-state index contributed by atoms with van der Waals surface area (Å²) < 4.78 is 0. The molecule has 0 aliphatic rings. The molecule has 0 aliphatic carbocycles. The van der Waals surface area contributed by atoms with Crippen LogP contribution in [0.2, 0.25) is 5.02 Å². The van der Waals surface area contributed by atoms with Crippen molar-refractivity contribution in [2.75, 3.05) is 10.6 Å². The second-order valence-corrected chi connectivity index (χ2v) is 7.02. The number of thiocarbonyl (C=S) groups is 1. The van der Waals surface area contributed by atoms with E-state index >= 15 is 0 Å². The second-order valence-electron chi connectivity index (χ2n) is 6.17. The summed E-state index contributed by atoms with van der Waals surface area (Å²) in [5.74, 6) is -0.550. The number of nitrogens with one attached hydrogen (secondary N) is 3. The maximum Gasteiger partial charge on any atom is 0.257 e. The lowest BCUT2D eigenvalue weighted by atomic mass is 10.1. The third-order valence-electron chi connectivity index (χ3n) is 3.98. The average molecular weight is 424 g/mol. The number of carbonyl (C=O) groups is 2. The predicted octanol–water partition coefficient (Wildman–Crippen LogP) is 4.65. The summed E-state index contributed by atoms with van der Waals surface area (Å²) in [4.78, 5) is 24.8. The number of benzene rings is 3. The molecule has 5 nitrogen and oxygen atoms in total. The Morgan fingerprint density at radius 2 is 1.48 bits per heavy atom. The molecular weight excluding hydrogens is 406 g/mol. The van der Waals surface area contributed by atoms with E-state index in [1.807, 2.05) is 18.2 Å². The van der Waals surface area contributed by atoms with Crippen LogP contribution in [0.1, 0.15) is 15.9 Å². The molecule has 0 bridgehead atoms. The van der Waals surface area contributed by atoms with Crippen LogP contribution in [0, 0.1) is 0 Å². The van der Waals surface area contributed by atoms with Gasteiger partial charge >= 0.3 is 0 Å². The molecule has 0 radical (unpaired) electrons. The van der Waals surface area contributed by atoms with Gasteiger partial charge in [0.2, 0.25) is 5.91 Å². The molecule has 0 aromatic heterocycles. The standard InChI is InChI=1S/C22H18ClN3O2S/c23-16-12-10-15(11-13-16)14-20(27)26-22(29)25-19-9-5-4-8-18(19)21(28)24-17-6-2-1-3-7-17/h1-13H,14H2,(H,24,28)(H2,25,26,27,29). The van der Waals surface area contributed by atoms with Gasteiger partial charge in [-0.1, -0.05) is 54.1 Å². The average Bonchev–Trinajstić information content (AvgIpc) is 2.70. The number of hydrogen-bond donors (Lipinski definition) is 3. The minimum atomic E-state index is -0.283. The number of halogens is 1. The topological polar surface area (TPSA) is 70.2 Å². The van der Waals surface area contributed by atoms with Crippen LogP contribution in [0.25, 0.3) is 0 Å². The van der Waals surface area contributed by atoms with Gasteiger partial charge in [-0.15, -0.1) is 0 Å². The summed E-state index contributed by atoms with van der Waals surface area (Å²) in [5, 5.41) is 9.10. The van der Waals surface area contributed by atoms with E-state index in [4.69, 9.17) is 23.8 Å². The minimum Gasteiger partial charge on any atom is -0.332 e. The molecule has 0 atom stereocenters. The number of anilines is 2. The monoisotopic (exact) mass is 423 g/mol. The van der Waals surface area contributed by atoms with Gasteiger partial charge < -0.3 is 16.0 Å². The highest BCUT2D eigenvalue weighted by Crippen LogP contribution is 2.17. The molecular formula is C22H18ClN3O2S. The predicted molar refractivity (Wildman–Crippen MR) is 120 cm³/mol. The summed E-state index contributed by atoms with van der Waals surface area (Å²) in [6.07, 6.45) is 0.162. The van der Waals surface area contributed by atoms with Crippen molar-refractivity contribution in [3.8, 4) is 0 Å². The molecule has 0 aliphatic heterocycles. The third kappa shape index (κ3) is 6.14. The molecule has 0 saturated heterocycles. The van der Waals surface area contributed by atoms with Gasteiger partial charge in [0.25, 0.3) is 5.91 Å². The van der Waals surface area contributed by atoms with E-state index < -0.39 is 0 Å². The number of para-hydroxylation sites is 2. The van der Waals surface area contributed by atoms with E-state index in [9.17, 15) is 9.59 Å². The maximum absolute atomic E-state index is 12.6. The zero-order valence-corrected chi connectivity index (χ0v) is 16.9. The first kappa shape index (κ1) is 20.5. The summed E-state index contributed by atoms with van der Waals surface area (Å²) in [5.41, 5.74) is 2.41. The van der Waals surface area contributed by atoms with Crippen molar-refractivity contribution < 1.29 is 9.59 Å². The fourth-order valence-electron chi connectivity index (χ4n) is 2.62. The van der Waals surface area contributed by atoms with Crippen LogP contribution in [-0.4, -0.2) is 16.9 Å². The van der Waals surface area contributed by atoms with Crippen LogP contribution in [0.5, 0.6) is 0 Å². The van der Waals surface area contributed by atoms with E-state index in [0.717, 1.165) is 5.56 Å². The molecule has 0 saturated carbocycles. The summed E-state index contributed by atoms with van der Waals surface area (Å²) in [7, 11) is 0. The van der Waals surface area contributed by atoms with Crippen molar-refractivity contribution in [1.82, 2.24) is 5.32 Å². The molecule has 3 aromatic rings. The molecule has 29 heavy (non-hydrogen) atoms. The Morgan fingerprint density at radius 1 is 0.828 bits per heavy atom. The fraction of sp³-hybridized carbons (Fsp3) is 0.0455.